The van der Waals surface area contributed by atoms with E-state index in [0.717, 1.165) is 0 Å². The van der Waals surface area contributed by atoms with Gasteiger partial charge in [-0.1, -0.05) is 12.1 Å². The lowest BCUT2D eigenvalue weighted by atomic mass is 10.0. The minimum absolute atomic E-state index is 0.159. The maximum atomic E-state index is 12.7. The number of anilines is 1. The average molecular weight is 367 g/mol. The van der Waals surface area contributed by atoms with Crippen molar-refractivity contribution in [3.63, 3.8) is 0 Å². The lowest BCUT2D eigenvalue weighted by Gasteiger charge is -2.18. The Labute approximate surface area is 153 Å². The van der Waals surface area contributed by atoms with Gasteiger partial charge in [0.25, 0.3) is 5.91 Å². The first-order valence-corrected chi connectivity index (χ1v) is 8.12. The zero-order chi connectivity index (χ0) is 19.4. The molecule has 2 heterocycles. The maximum Gasteiger partial charge on any atom is 0.305 e. The zero-order valence-corrected chi connectivity index (χ0v) is 14.4. The summed E-state index contributed by atoms with van der Waals surface area (Å²) in [6.45, 7) is 1.39. The second-order valence-corrected chi connectivity index (χ2v) is 5.89. The number of aromatic amines is 1. The van der Waals surface area contributed by atoms with Crippen LogP contribution in [0.4, 0.5) is 5.69 Å². The summed E-state index contributed by atoms with van der Waals surface area (Å²) in [7, 11) is 0. The van der Waals surface area contributed by atoms with E-state index in [1.165, 1.54) is 13.3 Å². The molecule has 3 aromatic rings. The normalized spacial score (nSPS) is 11.7. The molecule has 0 saturated heterocycles. The molecule has 0 saturated carbocycles. The van der Waals surface area contributed by atoms with Gasteiger partial charge in [0.1, 0.15) is 17.7 Å². The van der Waals surface area contributed by atoms with Gasteiger partial charge in [-0.3, -0.25) is 14.4 Å². The van der Waals surface area contributed by atoms with Gasteiger partial charge in [0.2, 0.25) is 5.91 Å². The van der Waals surface area contributed by atoms with E-state index < -0.39 is 17.9 Å². The molecule has 0 bridgehead atoms. The van der Waals surface area contributed by atoms with Gasteiger partial charge >= 0.3 is 5.97 Å². The van der Waals surface area contributed by atoms with Crippen molar-refractivity contribution in [2.45, 2.75) is 19.4 Å². The van der Waals surface area contributed by atoms with Crippen molar-refractivity contribution in [2.24, 2.45) is 0 Å². The molecule has 4 N–H and O–H groups in total. The van der Waals surface area contributed by atoms with Crippen molar-refractivity contribution in [1.82, 2.24) is 20.3 Å². The van der Waals surface area contributed by atoms with Crippen LogP contribution < -0.4 is 10.6 Å². The van der Waals surface area contributed by atoms with Crippen molar-refractivity contribution in [2.75, 3.05) is 5.32 Å². The Morgan fingerprint density at radius 1 is 1.15 bits per heavy atom. The Morgan fingerprint density at radius 3 is 2.56 bits per heavy atom. The van der Waals surface area contributed by atoms with Gasteiger partial charge in [0, 0.05) is 18.8 Å². The third-order valence-corrected chi connectivity index (χ3v) is 3.89. The molecule has 27 heavy (non-hydrogen) atoms. The minimum Gasteiger partial charge on any atom is -0.481 e. The lowest BCUT2D eigenvalue weighted by molar-refractivity contribution is -0.137. The summed E-state index contributed by atoms with van der Waals surface area (Å²) >= 11 is 0. The molecule has 1 atom stereocenters. The molecule has 138 valence electrons. The number of benzene rings is 1. The third-order valence-electron chi connectivity index (χ3n) is 3.89. The zero-order valence-electron chi connectivity index (χ0n) is 14.4. The van der Waals surface area contributed by atoms with Crippen LogP contribution in [0, 0.1) is 0 Å². The molecule has 1 aromatic carbocycles. The monoisotopic (exact) mass is 367 g/mol. The van der Waals surface area contributed by atoms with Crippen LogP contribution in [0.25, 0.3) is 11.0 Å². The molecule has 0 aliphatic heterocycles. The second kappa shape index (κ2) is 7.65. The third kappa shape index (κ3) is 4.27. The smallest absolute Gasteiger partial charge is 0.305 e. The Bertz CT molecular complexity index is 996. The first-order valence-electron chi connectivity index (χ1n) is 8.12. The van der Waals surface area contributed by atoms with Crippen LogP contribution in [0.1, 0.15) is 35.4 Å². The molecule has 0 radical (unpaired) electrons. The number of nitrogens with one attached hydrogen (secondary N) is 3. The van der Waals surface area contributed by atoms with Crippen LogP contribution in [0.3, 0.4) is 0 Å². The van der Waals surface area contributed by atoms with E-state index in [9.17, 15) is 19.5 Å². The summed E-state index contributed by atoms with van der Waals surface area (Å²) in [5.41, 5.74) is 1.85. The maximum absolute atomic E-state index is 12.7. The number of rotatable bonds is 6. The van der Waals surface area contributed by atoms with Crippen LogP contribution in [0.2, 0.25) is 0 Å². The van der Waals surface area contributed by atoms with E-state index in [1.54, 1.807) is 36.5 Å². The summed E-state index contributed by atoms with van der Waals surface area (Å²) < 4.78 is 0. The number of hydrogen-bond acceptors (Lipinski definition) is 5. The van der Waals surface area contributed by atoms with Crippen molar-refractivity contribution in [3.05, 3.63) is 54.1 Å². The molecule has 9 heteroatoms. The van der Waals surface area contributed by atoms with Crippen molar-refractivity contribution in [3.8, 4) is 0 Å². The molecule has 2 aromatic heterocycles. The SMILES string of the molecule is CC(=O)Nc1ccc([C@@H](CC(=O)O)NC(=O)c2ncnc3[nH]ccc23)cc1. The topological polar surface area (TPSA) is 137 Å². The Hall–Kier alpha value is -3.75. The van der Waals surface area contributed by atoms with Gasteiger partial charge in [-0.25, -0.2) is 9.97 Å². The number of carboxylic acid groups (broad SMARTS) is 1. The molecular weight excluding hydrogens is 350 g/mol. The number of H-pyrrole nitrogens is 1. The van der Waals surface area contributed by atoms with Gasteiger partial charge in [0.15, 0.2) is 0 Å². The van der Waals surface area contributed by atoms with Gasteiger partial charge in [-0.15, -0.1) is 0 Å². The highest BCUT2D eigenvalue weighted by molar-refractivity contribution is 6.03. The van der Waals surface area contributed by atoms with Crippen LogP contribution in [-0.2, 0) is 9.59 Å². The number of carbonyl (C=O) groups excluding carboxylic acids is 2. The van der Waals surface area contributed by atoms with Crippen LogP contribution >= 0.6 is 0 Å². The van der Waals surface area contributed by atoms with E-state index in [1.807, 2.05) is 0 Å². The van der Waals surface area contributed by atoms with Crippen LogP contribution in [0.15, 0.2) is 42.9 Å². The average Bonchev–Trinajstić information content (AvgIpc) is 3.09. The van der Waals surface area contributed by atoms with Crippen molar-refractivity contribution in [1.29, 1.82) is 0 Å². The van der Waals surface area contributed by atoms with Crippen LogP contribution in [-0.4, -0.2) is 37.8 Å². The molecule has 2 amide bonds. The first-order chi connectivity index (χ1) is 12.9. The standard InChI is InChI=1S/C18H17N5O4/c1-10(24)22-12-4-2-11(3-5-12)14(8-15(25)26)23-18(27)16-13-6-7-19-17(13)21-9-20-16/h2-7,9,14H,8H2,1H3,(H,22,24)(H,23,27)(H,25,26)(H,19,20,21)/t14-/m1/s1. The highest BCUT2D eigenvalue weighted by Gasteiger charge is 2.21. The van der Waals surface area contributed by atoms with Gasteiger partial charge < -0.3 is 20.7 Å². The molecule has 0 unspecified atom stereocenters. The predicted molar refractivity (Wildman–Crippen MR) is 97.1 cm³/mol. The molecule has 0 aliphatic rings. The van der Waals surface area contributed by atoms with E-state index in [-0.39, 0.29) is 18.0 Å². The molecule has 0 aliphatic carbocycles. The van der Waals surface area contributed by atoms with E-state index in [2.05, 4.69) is 25.6 Å². The summed E-state index contributed by atoms with van der Waals surface area (Å²) in [4.78, 5) is 46.0. The van der Waals surface area contributed by atoms with Crippen molar-refractivity contribution >= 4 is 34.5 Å². The summed E-state index contributed by atoms with van der Waals surface area (Å²) in [5, 5.41) is 15.1. The Balaban J connectivity index is 1.84. The van der Waals surface area contributed by atoms with Crippen molar-refractivity contribution < 1.29 is 19.5 Å². The van der Waals surface area contributed by atoms with Gasteiger partial charge in [-0.2, -0.15) is 0 Å². The number of carbonyl (C=O) groups is 3. The van der Waals surface area contributed by atoms with Gasteiger partial charge in [-0.05, 0) is 23.8 Å². The number of hydrogen-bond donors (Lipinski definition) is 4. The Kier molecular flexibility index (Phi) is 5.11. The fourth-order valence-electron chi connectivity index (χ4n) is 2.71. The molecule has 0 fully saturated rings. The number of aliphatic carboxylic acids is 1. The fourth-order valence-corrected chi connectivity index (χ4v) is 2.71. The number of aromatic nitrogens is 3. The number of amides is 2. The second-order valence-electron chi connectivity index (χ2n) is 5.89. The molecule has 9 nitrogen and oxygen atoms in total. The summed E-state index contributed by atoms with van der Waals surface area (Å²) in [6.07, 6.45) is 2.61. The summed E-state index contributed by atoms with van der Waals surface area (Å²) in [5.74, 6) is -1.77. The molecule has 0 spiro atoms. The van der Waals surface area contributed by atoms with E-state index in [4.69, 9.17) is 0 Å². The highest BCUT2D eigenvalue weighted by atomic mass is 16.4. The number of fused-ring (bicyclic) bond motifs is 1. The minimum atomic E-state index is -1.05. The first kappa shape index (κ1) is 18.1. The van der Waals surface area contributed by atoms with E-state index in [0.29, 0.717) is 22.3 Å². The molecular formula is C18H17N5O4. The van der Waals surface area contributed by atoms with Crippen LogP contribution in [0.5, 0.6) is 0 Å². The van der Waals surface area contributed by atoms with E-state index >= 15 is 0 Å². The highest BCUT2D eigenvalue weighted by Crippen LogP contribution is 2.21. The predicted octanol–water partition coefficient (Wildman–Crippen LogP) is 1.86. The Morgan fingerprint density at radius 2 is 1.89 bits per heavy atom. The van der Waals surface area contributed by atoms with Gasteiger partial charge in [0.05, 0.1) is 17.8 Å². The number of nitrogens with zero attached hydrogens (tertiary/aromatic N) is 2. The lowest BCUT2D eigenvalue weighted by Crippen LogP contribution is -2.31. The largest absolute Gasteiger partial charge is 0.481 e. The molecule has 3 rings (SSSR count). The quantitative estimate of drug-likeness (QED) is 0.525. The fraction of sp³-hybridized carbons (Fsp3) is 0.167. The number of carboxylic acids is 1. The summed E-state index contributed by atoms with van der Waals surface area (Å²) in [6, 6.07) is 7.53.